The van der Waals surface area contributed by atoms with E-state index in [4.69, 9.17) is 16.3 Å². The predicted molar refractivity (Wildman–Crippen MR) is 121 cm³/mol. The second kappa shape index (κ2) is 9.84. The van der Waals surface area contributed by atoms with E-state index in [2.05, 4.69) is 26.0 Å². The van der Waals surface area contributed by atoms with Crippen molar-refractivity contribution in [1.29, 1.82) is 0 Å². The van der Waals surface area contributed by atoms with Gasteiger partial charge in [-0.1, -0.05) is 41.9 Å². The molecule has 0 saturated heterocycles. The fourth-order valence-corrected chi connectivity index (χ4v) is 3.13. The number of hydrogen-bond donors (Lipinski definition) is 3. The third-order valence-corrected chi connectivity index (χ3v) is 5.00. The zero-order valence-electron chi connectivity index (χ0n) is 17.4. The summed E-state index contributed by atoms with van der Waals surface area (Å²) in [4.78, 5) is 12.6. The van der Waals surface area contributed by atoms with Gasteiger partial charge in [0.2, 0.25) is 0 Å². The molecule has 4 aromatic rings. The number of nitrogens with one attached hydrogen (secondary N) is 3. The van der Waals surface area contributed by atoms with Crippen LogP contribution in [0.1, 0.15) is 21.6 Å². The lowest BCUT2D eigenvalue weighted by molar-refractivity contribution is -0.137. The maximum absolute atomic E-state index is 13.0. The van der Waals surface area contributed by atoms with Crippen molar-refractivity contribution in [2.75, 3.05) is 10.6 Å². The van der Waals surface area contributed by atoms with Crippen LogP contribution in [0.15, 0.2) is 72.8 Å². The van der Waals surface area contributed by atoms with Crippen molar-refractivity contribution in [3.05, 3.63) is 94.6 Å². The van der Waals surface area contributed by atoms with E-state index in [0.717, 1.165) is 23.8 Å². The van der Waals surface area contributed by atoms with Gasteiger partial charge >= 0.3 is 6.18 Å². The van der Waals surface area contributed by atoms with Crippen molar-refractivity contribution in [1.82, 2.24) is 15.4 Å². The number of anilines is 3. The molecule has 1 amide bonds. The molecule has 0 aliphatic rings. The van der Waals surface area contributed by atoms with Crippen molar-refractivity contribution in [3.8, 4) is 5.75 Å². The van der Waals surface area contributed by atoms with Crippen molar-refractivity contribution >= 4 is 34.7 Å². The molecule has 0 radical (unpaired) electrons. The SMILES string of the molecule is O=C(Nc1cc(C(F)(F)F)ccc1Cl)c1n[nH]nc1Nc1ccc(OCc2ccccc2)cc1. The van der Waals surface area contributed by atoms with E-state index in [1.165, 1.54) is 0 Å². The molecule has 0 spiro atoms. The first kappa shape index (κ1) is 23.1. The standard InChI is InChI=1S/C23H17ClF3N5O2/c24-18-11-6-15(23(25,26)27)12-19(18)29-22(33)20-21(31-32-30-20)28-16-7-9-17(10-8-16)34-13-14-4-2-1-3-5-14/h1-12H,13H2,(H,29,33)(H2,28,30,31,32). The molecule has 0 unspecified atom stereocenters. The van der Waals surface area contributed by atoms with Gasteiger partial charge in [-0.25, -0.2) is 0 Å². The summed E-state index contributed by atoms with van der Waals surface area (Å²) < 4.78 is 44.7. The molecule has 174 valence electrons. The lowest BCUT2D eigenvalue weighted by atomic mass is 10.2. The number of aromatic nitrogens is 3. The Bertz CT molecular complexity index is 1280. The lowest BCUT2D eigenvalue weighted by Crippen LogP contribution is -2.15. The van der Waals surface area contributed by atoms with Gasteiger partial charge in [-0.2, -0.15) is 18.4 Å². The summed E-state index contributed by atoms with van der Waals surface area (Å²) in [6.45, 7) is 0.416. The number of hydrogen-bond acceptors (Lipinski definition) is 5. The largest absolute Gasteiger partial charge is 0.489 e. The average molecular weight is 488 g/mol. The molecule has 11 heteroatoms. The van der Waals surface area contributed by atoms with Crippen molar-refractivity contribution in [2.24, 2.45) is 0 Å². The third-order valence-electron chi connectivity index (χ3n) is 4.67. The van der Waals surface area contributed by atoms with E-state index in [1.54, 1.807) is 24.3 Å². The number of aromatic amines is 1. The van der Waals surface area contributed by atoms with Gasteiger partial charge in [0.15, 0.2) is 11.5 Å². The van der Waals surface area contributed by atoms with Gasteiger partial charge in [-0.15, -0.1) is 10.2 Å². The maximum Gasteiger partial charge on any atom is 0.416 e. The molecule has 4 rings (SSSR count). The Morgan fingerprint density at radius 3 is 2.44 bits per heavy atom. The first-order chi connectivity index (χ1) is 16.3. The highest BCUT2D eigenvalue weighted by molar-refractivity contribution is 6.34. The van der Waals surface area contributed by atoms with Crippen LogP contribution in [-0.4, -0.2) is 21.3 Å². The number of carbonyl (C=O) groups is 1. The summed E-state index contributed by atoms with van der Waals surface area (Å²) in [6.07, 6.45) is -4.58. The number of rotatable bonds is 7. The highest BCUT2D eigenvalue weighted by Crippen LogP contribution is 2.34. The maximum atomic E-state index is 13.0. The predicted octanol–water partition coefficient (Wildman–Crippen LogP) is 6.05. The number of halogens is 4. The first-order valence-corrected chi connectivity index (χ1v) is 10.3. The highest BCUT2D eigenvalue weighted by atomic mass is 35.5. The number of alkyl halides is 3. The van der Waals surface area contributed by atoms with Gasteiger partial charge < -0.3 is 15.4 Å². The molecular formula is C23H17ClF3N5O2. The quantitative estimate of drug-likeness (QED) is 0.295. The molecule has 1 heterocycles. The number of carbonyl (C=O) groups excluding carboxylic acids is 1. The van der Waals surface area contributed by atoms with E-state index >= 15 is 0 Å². The van der Waals surface area contributed by atoms with Gasteiger partial charge in [0.1, 0.15) is 12.4 Å². The fraction of sp³-hybridized carbons (Fsp3) is 0.0870. The van der Waals surface area contributed by atoms with E-state index in [9.17, 15) is 18.0 Å². The van der Waals surface area contributed by atoms with E-state index < -0.39 is 17.6 Å². The van der Waals surface area contributed by atoms with Crippen LogP contribution in [0.2, 0.25) is 5.02 Å². The molecule has 0 aliphatic carbocycles. The van der Waals surface area contributed by atoms with Gasteiger partial charge in [0.25, 0.3) is 5.91 Å². The Hall–Kier alpha value is -4.05. The summed E-state index contributed by atoms with van der Waals surface area (Å²) in [7, 11) is 0. The summed E-state index contributed by atoms with van der Waals surface area (Å²) in [5.41, 5.74) is 0.324. The molecule has 3 N–H and O–H groups in total. The highest BCUT2D eigenvalue weighted by Gasteiger charge is 2.31. The number of H-pyrrole nitrogens is 1. The Morgan fingerprint density at radius 1 is 1.00 bits per heavy atom. The Kier molecular flexibility index (Phi) is 6.69. The molecule has 0 aliphatic heterocycles. The molecule has 0 saturated carbocycles. The normalized spacial score (nSPS) is 11.2. The van der Waals surface area contributed by atoms with Crippen molar-refractivity contribution in [3.63, 3.8) is 0 Å². The summed E-state index contributed by atoms with van der Waals surface area (Å²) >= 11 is 5.95. The van der Waals surface area contributed by atoms with E-state index in [-0.39, 0.29) is 22.2 Å². The minimum absolute atomic E-state index is 0.0505. The van der Waals surface area contributed by atoms with Crippen LogP contribution in [0.3, 0.4) is 0 Å². The fourth-order valence-electron chi connectivity index (χ4n) is 2.97. The molecule has 0 fully saturated rings. The van der Waals surface area contributed by atoms with E-state index in [0.29, 0.717) is 18.0 Å². The molecule has 0 bridgehead atoms. The zero-order chi connectivity index (χ0) is 24.1. The van der Waals surface area contributed by atoms with Crippen LogP contribution in [0, 0.1) is 0 Å². The van der Waals surface area contributed by atoms with Gasteiger partial charge in [0, 0.05) is 5.69 Å². The summed E-state index contributed by atoms with van der Waals surface area (Å²) in [5, 5.41) is 15.2. The average Bonchev–Trinajstić information content (AvgIpc) is 3.28. The van der Waals surface area contributed by atoms with Crippen LogP contribution in [-0.2, 0) is 12.8 Å². The van der Waals surface area contributed by atoms with Gasteiger partial charge in [-0.3, -0.25) is 4.79 Å². The van der Waals surface area contributed by atoms with Crippen LogP contribution in [0.5, 0.6) is 5.75 Å². The Balaban J connectivity index is 1.42. The van der Waals surface area contributed by atoms with E-state index in [1.807, 2.05) is 30.3 Å². The van der Waals surface area contributed by atoms with Crippen LogP contribution >= 0.6 is 11.6 Å². The Morgan fingerprint density at radius 2 is 1.74 bits per heavy atom. The number of benzene rings is 3. The Labute approximate surface area is 196 Å². The first-order valence-electron chi connectivity index (χ1n) is 9.92. The monoisotopic (exact) mass is 487 g/mol. The van der Waals surface area contributed by atoms with Crippen molar-refractivity contribution in [2.45, 2.75) is 12.8 Å². The lowest BCUT2D eigenvalue weighted by Gasteiger charge is -2.11. The zero-order valence-corrected chi connectivity index (χ0v) is 18.1. The minimum atomic E-state index is -4.58. The summed E-state index contributed by atoms with van der Waals surface area (Å²) in [5.74, 6) is -0.0643. The summed E-state index contributed by atoms with van der Waals surface area (Å²) in [6, 6.07) is 19.3. The minimum Gasteiger partial charge on any atom is -0.489 e. The number of nitrogens with zero attached hydrogens (tertiary/aromatic N) is 2. The second-order valence-corrected chi connectivity index (χ2v) is 7.50. The molecule has 34 heavy (non-hydrogen) atoms. The smallest absolute Gasteiger partial charge is 0.416 e. The van der Waals surface area contributed by atoms with Gasteiger partial charge in [-0.05, 0) is 48.0 Å². The molecule has 7 nitrogen and oxygen atoms in total. The number of amides is 1. The van der Waals surface area contributed by atoms with Crippen molar-refractivity contribution < 1.29 is 22.7 Å². The third kappa shape index (κ3) is 5.65. The topological polar surface area (TPSA) is 91.9 Å². The van der Waals surface area contributed by atoms with Crippen LogP contribution in [0.25, 0.3) is 0 Å². The van der Waals surface area contributed by atoms with Crippen LogP contribution < -0.4 is 15.4 Å². The second-order valence-electron chi connectivity index (χ2n) is 7.09. The molecule has 1 aromatic heterocycles. The molecule has 3 aromatic carbocycles. The van der Waals surface area contributed by atoms with Gasteiger partial charge in [0.05, 0.1) is 16.3 Å². The molecule has 0 atom stereocenters. The van der Waals surface area contributed by atoms with Crippen LogP contribution in [0.4, 0.5) is 30.4 Å². The number of ether oxygens (including phenoxy) is 1. The molecular weight excluding hydrogens is 471 g/mol.